The van der Waals surface area contributed by atoms with E-state index in [1.807, 2.05) is 48.5 Å². The van der Waals surface area contributed by atoms with Crippen LogP contribution in [0.15, 0.2) is 60.9 Å². The summed E-state index contributed by atoms with van der Waals surface area (Å²) in [6.07, 6.45) is 3.48. The van der Waals surface area contributed by atoms with E-state index in [4.69, 9.17) is 4.74 Å². The Morgan fingerprint density at radius 1 is 0.957 bits per heavy atom. The summed E-state index contributed by atoms with van der Waals surface area (Å²) >= 11 is 0. The van der Waals surface area contributed by atoms with Gasteiger partial charge in [-0.2, -0.15) is 4.98 Å². The van der Waals surface area contributed by atoms with E-state index in [1.54, 1.807) is 19.5 Å². The minimum absolute atomic E-state index is 0.529. The van der Waals surface area contributed by atoms with Crippen molar-refractivity contribution in [3.8, 4) is 5.75 Å². The van der Waals surface area contributed by atoms with Gasteiger partial charge in [0.2, 0.25) is 5.95 Å². The highest BCUT2D eigenvalue weighted by Crippen LogP contribution is 2.18. The van der Waals surface area contributed by atoms with Crippen LogP contribution < -0.4 is 15.4 Å². The van der Waals surface area contributed by atoms with Crippen molar-refractivity contribution in [2.24, 2.45) is 0 Å². The number of anilines is 3. The Labute approximate surface area is 134 Å². The van der Waals surface area contributed by atoms with Gasteiger partial charge in [-0.25, -0.2) is 4.98 Å². The van der Waals surface area contributed by atoms with E-state index in [0.717, 1.165) is 22.9 Å². The minimum Gasteiger partial charge on any atom is -0.497 e. The fraction of sp³-hybridized carbons (Fsp3) is 0.118. The zero-order chi connectivity index (χ0) is 15.9. The van der Waals surface area contributed by atoms with Gasteiger partial charge in [-0.05, 0) is 42.5 Å². The first-order valence-electron chi connectivity index (χ1n) is 7.21. The molecule has 0 aliphatic rings. The molecule has 23 heavy (non-hydrogen) atoms. The molecule has 2 N–H and O–H groups in total. The van der Waals surface area contributed by atoms with Gasteiger partial charge in [-0.15, -0.1) is 0 Å². The molecule has 0 radical (unpaired) electrons. The Bertz CT molecular complexity index is 746. The molecular weight excluding hydrogens is 290 g/mol. The van der Waals surface area contributed by atoms with Crippen molar-refractivity contribution < 1.29 is 4.74 Å². The molecular formula is C17H17N5O. The normalized spacial score (nSPS) is 10.1. The third-order valence-electron chi connectivity index (χ3n) is 3.18. The van der Waals surface area contributed by atoms with Crippen LogP contribution in [0.5, 0.6) is 5.75 Å². The Kier molecular flexibility index (Phi) is 4.63. The second kappa shape index (κ2) is 7.22. The first-order valence-corrected chi connectivity index (χ1v) is 7.21. The van der Waals surface area contributed by atoms with Crippen LogP contribution in [-0.4, -0.2) is 22.1 Å². The molecule has 0 saturated carbocycles. The summed E-state index contributed by atoms with van der Waals surface area (Å²) in [5, 5.41) is 6.39. The maximum Gasteiger partial charge on any atom is 0.229 e. The van der Waals surface area contributed by atoms with Gasteiger partial charge < -0.3 is 15.4 Å². The average molecular weight is 307 g/mol. The molecule has 3 rings (SSSR count). The summed E-state index contributed by atoms with van der Waals surface area (Å²) in [4.78, 5) is 12.9. The number of hydrogen-bond acceptors (Lipinski definition) is 6. The Morgan fingerprint density at radius 2 is 1.83 bits per heavy atom. The fourth-order valence-corrected chi connectivity index (χ4v) is 2.00. The second-order valence-electron chi connectivity index (χ2n) is 4.79. The van der Waals surface area contributed by atoms with Crippen LogP contribution >= 0.6 is 0 Å². The Balaban J connectivity index is 1.64. The molecule has 0 aliphatic heterocycles. The Morgan fingerprint density at radius 3 is 2.57 bits per heavy atom. The predicted molar refractivity (Wildman–Crippen MR) is 89.9 cm³/mol. The maximum atomic E-state index is 5.14. The summed E-state index contributed by atoms with van der Waals surface area (Å²) in [7, 11) is 1.64. The fourth-order valence-electron chi connectivity index (χ4n) is 2.00. The smallest absolute Gasteiger partial charge is 0.229 e. The molecule has 0 atom stereocenters. The summed E-state index contributed by atoms with van der Waals surface area (Å²) in [5.74, 6) is 2.07. The predicted octanol–water partition coefficient (Wildman–Crippen LogP) is 3.24. The van der Waals surface area contributed by atoms with Crippen LogP contribution in [0.1, 0.15) is 5.69 Å². The summed E-state index contributed by atoms with van der Waals surface area (Å²) < 4.78 is 5.14. The number of rotatable bonds is 6. The number of ether oxygens (including phenoxy) is 1. The van der Waals surface area contributed by atoms with Gasteiger partial charge in [0.15, 0.2) is 0 Å². The standard InChI is InChI=1S/C17H17N5O/c1-23-15-7-5-13(6-8-15)21-17-19-11-9-16(22-17)20-12-14-4-2-3-10-18-14/h2-11H,12H2,1H3,(H2,19,20,21,22). The lowest BCUT2D eigenvalue weighted by Crippen LogP contribution is -2.05. The molecule has 1 aromatic carbocycles. The molecule has 0 fully saturated rings. The van der Waals surface area contributed by atoms with Crippen LogP contribution in [-0.2, 0) is 6.54 Å². The largest absolute Gasteiger partial charge is 0.497 e. The average Bonchev–Trinajstić information content (AvgIpc) is 2.62. The van der Waals surface area contributed by atoms with Gasteiger partial charge in [-0.3, -0.25) is 4.98 Å². The van der Waals surface area contributed by atoms with Crippen LogP contribution in [0.25, 0.3) is 0 Å². The monoisotopic (exact) mass is 307 g/mol. The van der Waals surface area contributed by atoms with Gasteiger partial charge in [0.1, 0.15) is 11.6 Å². The van der Waals surface area contributed by atoms with Crippen molar-refractivity contribution in [1.82, 2.24) is 15.0 Å². The van der Waals surface area contributed by atoms with E-state index in [1.165, 1.54) is 0 Å². The van der Waals surface area contributed by atoms with Crippen LogP contribution in [0.4, 0.5) is 17.5 Å². The van der Waals surface area contributed by atoms with E-state index in [-0.39, 0.29) is 0 Å². The maximum absolute atomic E-state index is 5.14. The van der Waals surface area contributed by atoms with Crippen molar-refractivity contribution in [2.45, 2.75) is 6.54 Å². The molecule has 0 unspecified atom stereocenters. The lowest BCUT2D eigenvalue weighted by Gasteiger charge is -2.08. The van der Waals surface area contributed by atoms with Gasteiger partial charge in [-0.1, -0.05) is 6.07 Å². The third kappa shape index (κ3) is 4.16. The van der Waals surface area contributed by atoms with Gasteiger partial charge in [0, 0.05) is 18.1 Å². The highest BCUT2D eigenvalue weighted by molar-refractivity contribution is 5.55. The quantitative estimate of drug-likeness (QED) is 0.728. The topological polar surface area (TPSA) is 72.0 Å². The van der Waals surface area contributed by atoms with Gasteiger partial charge in [0.25, 0.3) is 0 Å². The van der Waals surface area contributed by atoms with Crippen molar-refractivity contribution in [1.29, 1.82) is 0 Å². The second-order valence-corrected chi connectivity index (χ2v) is 4.79. The molecule has 116 valence electrons. The lowest BCUT2D eigenvalue weighted by molar-refractivity contribution is 0.415. The molecule has 0 aliphatic carbocycles. The number of hydrogen-bond donors (Lipinski definition) is 2. The molecule has 0 spiro atoms. The van der Waals surface area contributed by atoms with E-state index < -0.39 is 0 Å². The van der Waals surface area contributed by atoms with Crippen LogP contribution in [0.3, 0.4) is 0 Å². The molecule has 0 amide bonds. The highest BCUT2D eigenvalue weighted by Gasteiger charge is 2.01. The van der Waals surface area contributed by atoms with Gasteiger partial charge in [0.05, 0.1) is 19.3 Å². The molecule has 2 aromatic heterocycles. The number of methoxy groups -OCH3 is 1. The molecule has 0 bridgehead atoms. The van der Waals surface area contributed by atoms with Crippen molar-refractivity contribution >= 4 is 17.5 Å². The lowest BCUT2D eigenvalue weighted by atomic mass is 10.3. The minimum atomic E-state index is 0.529. The number of pyridine rings is 1. The first-order chi connectivity index (χ1) is 11.3. The first kappa shape index (κ1) is 14.8. The van der Waals surface area contributed by atoms with E-state index >= 15 is 0 Å². The van der Waals surface area contributed by atoms with Crippen molar-refractivity contribution in [3.63, 3.8) is 0 Å². The number of nitrogens with zero attached hydrogens (tertiary/aromatic N) is 3. The van der Waals surface area contributed by atoms with Crippen molar-refractivity contribution in [2.75, 3.05) is 17.7 Å². The summed E-state index contributed by atoms with van der Waals surface area (Å²) in [6.45, 7) is 0.611. The molecule has 2 heterocycles. The summed E-state index contributed by atoms with van der Waals surface area (Å²) in [5.41, 5.74) is 1.85. The summed E-state index contributed by atoms with van der Waals surface area (Å²) in [6, 6.07) is 15.2. The molecule has 6 nitrogen and oxygen atoms in total. The van der Waals surface area contributed by atoms with Gasteiger partial charge >= 0.3 is 0 Å². The number of benzene rings is 1. The third-order valence-corrected chi connectivity index (χ3v) is 3.18. The highest BCUT2D eigenvalue weighted by atomic mass is 16.5. The zero-order valence-electron chi connectivity index (χ0n) is 12.7. The van der Waals surface area contributed by atoms with E-state index in [9.17, 15) is 0 Å². The van der Waals surface area contributed by atoms with Crippen LogP contribution in [0, 0.1) is 0 Å². The molecule has 3 aromatic rings. The zero-order valence-corrected chi connectivity index (χ0v) is 12.7. The van der Waals surface area contributed by atoms with E-state index in [0.29, 0.717) is 12.5 Å². The van der Waals surface area contributed by atoms with Crippen LogP contribution in [0.2, 0.25) is 0 Å². The molecule has 0 saturated heterocycles. The SMILES string of the molecule is COc1ccc(Nc2nccc(NCc3ccccn3)n2)cc1. The number of aromatic nitrogens is 3. The van der Waals surface area contributed by atoms with E-state index in [2.05, 4.69) is 25.6 Å². The molecule has 6 heteroatoms. The van der Waals surface area contributed by atoms with Crippen molar-refractivity contribution in [3.05, 3.63) is 66.6 Å². The Hall–Kier alpha value is -3.15. The number of nitrogens with one attached hydrogen (secondary N) is 2.